The lowest BCUT2D eigenvalue weighted by molar-refractivity contribution is -0.137. The van der Waals surface area contributed by atoms with Crippen LogP contribution in [0.4, 0.5) is 13.2 Å². The predicted octanol–water partition coefficient (Wildman–Crippen LogP) is 1.25. The number of alkyl halides is 3. The van der Waals surface area contributed by atoms with E-state index >= 15 is 0 Å². The number of hydrazine groups is 1. The maximum Gasteiger partial charge on any atom is 0.416 e. The molecule has 0 spiro atoms. The van der Waals surface area contributed by atoms with E-state index in [0.717, 1.165) is 12.1 Å². The van der Waals surface area contributed by atoms with Gasteiger partial charge in [-0.2, -0.15) is 13.2 Å². The van der Waals surface area contributed by atoms with Gasteiger partial charge in [0.15, 0.2) is 0 Å². The van der Waals surface area contributed by atoms with E-state index in [0.29, 0.717) is 0 Å². The summed E-state index contributed by atoms with van der Waals surface area (Å²) in [5, 5.41) is 10.7. The molecule has 0 radical (unpaired) electrons. The number of hydrogen-bond acceptors (Lipinski definition) is 4. The molecule has 0 aliphatic rings. The first-order valence-electron chi connectivity index (χ1n) is 5.23. The number of aliphatic hydroxyl groups excluding tert-OH is 1. The minimum absolute atomic E-state index is 0.0588. The lowest BCUT2D eigenvalue weighted by atomic mass is 10.2. The van der Waals surface area contributed by atoms with Crippen molar-refractivity contribution in [3.8, 4) is 5.75 Å². The molecule has 1 aromatic rings. The SMILES string of the molecule is CN(N)CC(O)COc1cccc(C(F)(F)F)c1. The first-order chi connectivity index (χ1) is 8.29. The third-order valence-corrected chi connectivity index (χ3v) is 2.10. The molecule has 1 rings (SSSR count). The molecule has 7 heteroatoms. The highest BCUT2D eigenvalue weighted by atomic mass is 19.4. The molecule has 0 aliphatic carbocycles. The van der Waals surface area contributed by atoms with Crippen molar-refractivity contribution < 1.29 is 23.0 Å². The Labute approximate surface area is 103 Å². The third-order valence-electron chi connectivity index (χ3n) is 2.10. The molecule has 0 fully saturated rings. The van der Waals surface area contributed by atoms with Crippen LogP contribution in [-0.2, 0) is 6.18 Å². The Morgan fingerprint density at radius 1 is 1.44 bits per heavy atom. The number of nitrogens with zero attached hydrogens (tertiary/aromatic N) is 1. The molecule has 0 aliphatic heterocycles. The minimum atomic E-state index is -4.41. The summed E-state index contributed by atoms with van der Waals surface area (Å²) in [6.07, 6.45) is -5.27. The maximum absolute atomic E-state index is 12.4. The lowest BCUT2D eigenvalue weighted by Gasteiger charge is -2.16. The fraction of sp³-hybridized carbons (Fsp3) is 0.455. The average Bonchev–Trinajstić information content (AvgIpc) is 2.25. The van der Waals surface area contributed by atoms with Gasteiger partial charge in [0.05, 0.1) is 5.56 Å². The van der Waals surface area contributed by atoms with Crippen LogP contribution in [0, 0.1) is 0 Å². The third kappa shape index (κ3) is 4.91. The van der Waals surface area contributed by atoms with E-state index in [2.05, 4.69) is 0 Å². The molecule has 0 bridgehead atoms. The highest BCUT2D eigenvalue weighted by Crippen LogP contribution is 2.31. The smallest absolute Gasteiger partial charge is 0.416 e. The summed E-state index contributed by atoms with van der Waals surface area (Å²) >= 11 is 0. The molecular weight excluding hydrogens is 249 g/mol. The summed E-state index contributed by atoms with van der Waals surface area (Å²) in [6, 6.07) is 4.49. The fourth-order valence-corrected chi connectivity index (χ4v) is 1.34. The Morgan fingerprint density at radius 3 is 2.67 bits per heavy atom. The molecule has 1 atom stereocenters. The van der Waals surface area contributed by atoms with Crippen LogP contribution in [0.1, 0.15) is 5.56 Å². The standard InChI is InChI=1S/C11H15F3N2O2/c1-16(15)6-9(17)7-18-10-4-2-3-8(5-10)11(12,13)14/h2-5,9,17H,6-7,15H2,1H3. The van der Waals surface area contributed by atoms with Gasteiger partial charge in [-0.1, -0.05) is 6.07 Å². The van der Waals surface area contributed by atoms with E-state index in [4.69, 9.17) is 10.6 Å². The molecule has 1 aromatic carbocycles. The van der Waals surface area contributed by atoms with Gasteiger partial charge in [-0.05, 0) is 18.2 Å². The van der Waals surface area contributed by atoms with Gasteiger partial charge >= 0.3 is 6.18 Å². The molecule has 18 heavy (non-hydrogen) atoms. The van der Waals surface area contributed by atoms with Crippen molar-refractivity contribution in [2.24, 2.45) is 5.84 Å². The monoisotopic (exact) mass is 264 g/mol. The van der Waals surface area contributed by atoms with Crippen LogP contribution in [0.15, 0.2) is 24.3 Å². The van der Waals surface area contributed by atoms with Crippen molar-refractivity contribution in [3.05, 3.63) is 29.8 Å². The Hall–Kier alpha value is -1.31. The van der Waals surface area contributed by atoms with Gasteiger partial charge in [0, 0.05) is 13.6 Å². The van der Waals surface area contributed by atoms with Crippen LogP contribution >= 0.6 is 0 Å². The highest BCUT2D eigenvalue weighted by Gasteiger charge is 2.30. The van der Waals surface area contributed by atoms with Gasteiger partial charge in [-0.25, -0.2) is 5.01 Å². The Balaban J connectivity index is 2.58. The van der Waals surface area contributed by atoms with Crippen molar-refractivity contribution in [3.63, 3.8) is 0 Å². The lowest BCUT2D eigenvalue weighted by Crippen LogP contribution is -2.37. The summed E-state index contributed by atoms with van der Waals surface area (Å²) in [5.74, 6) is 5.37. The first kappa shape index (κ1) is 14.7. The number of benzene rings is 1. The van der Waals surface area contributed by atoms with Crippen LogP contribution in [0.5, 0.6) is 5.75 Å². The summed E-state index contributed by atoms with van der Waals surface area (Å²) in [6.45, 7) is 0.0435. The number of aliphatic hydroxyl groups is 1. The molecular formula is C11H15F3N2O2. The second kappa shape index (κ2) is 6.03. The van der Waals surface area contributed by atoms with Crippen LogP contribution in [0.3, 0.4) is 0 Å². The normalized spacial score (nSPS) is 13.7. The summed E-state index contributed by atoms with van der Waals surface area (Å²) < 4.78 is 42.3. The van der Waals surface area contributed by atoms with Crippen molar-refractivity contribution in [2.75, 3.05) is 20.2 Å². The minimum Gasteiger partial charge on any atom is -0.491 e. The molecule has 0 saturated heterocycles. The Morgan fingerprint density at radius 2 is 2.11 bits per heavy atom. The summed E-state index contributed by atoms with van der Waals surface area (Å²) in [5.41, 5.74) is -0.787. The van der Waals surface area contributed by atoms with E-state index in [9.17, 15) is 18.3 Å². The Bertz CT molecular complexity index is 383. The van der Waals surface area contributed by atoms with Gasteiger partial charge in [0.25, 0.3) is 0 Å². The summed E-state index contributed by atoms with van der Waals surface area (Å²) in [7, 11) is 1.56. The number of rotatable bonds is 5. The molecule has 102 valence electrons. The molecule has 3 N–H and O–H groups in total. The van der Waals surface area contributed by atoms with Gasteiger partial charge in [-0.15, -0.1) is 0 Å². The zero-order valence-corrected chi connectivity index (χ0v) is 9.81. The number of ether oxygens (including phenoxy) is 1. The van der Waals surface area contributed by atoms with E-state index in [-0.39, 0.29) is 18.9 Å². The zero-order chi connectivity index (χ0) is 13.8. The van der Waals surface area contributed by atoms with Crippen molar-refractivity contribution >= 4 is 0 Å². The number of halogens is 3. The van der Waals surface area contributed by atoms with Crippen molar-refractivity contribution in [1.29, 1.82) is 0 Å². The van der Waals surface area contributed by atoms with Crippen LogP contribution in [-0.4, -0.2) is 36.4 Å². The second-order valence-electron chi connectivity index (χ2n) is 3.93. The number of likely N-dealkylation sites (N-methyl/N-ethyl adjacent to an activating group) is 1. The van der Waals surface area contributed by atoms with Crippen molar-refractivity contribution in [2.45, 2.75) is 12.3 Å². The van der Waals surface area contributed by atoms with E-state index < -0.39 is 17.8 Å². The fourth-order valence-electron chi connectivity index (χ4n) is 1.34. The summed E-state index contributed by atoms with van der Waals surface area (Å²) in [4.78, 5) is 0. The number of hydrogen-bond donors (Lipinski definition) is 2. The molecule has 0 saturated carbocycles. The Kier molecular flexibility index (Phi) is 4.94. The zero-order valence-electron chi connectivity index (χ0n) is 9.81. The average molecular weight is 264 g/mol. The molecule has 0 aromatic heterocycles. The highest BCUT2D eigenvalue weighted by molar-refractivity contribution is 5.30. The van der Waals surface area contributed by atoms with Gasteiger partial charge in [0.1, 0.15) is 18.5 Å². The van der Waals surface area contributed by atoms with E-state index in [1.165, 1.54) is 17.1 Å². The second-order valence-corrected chi connectivity index (χ2v) is 3.93. The van der Waals surface area contributed by atoms with Gasteiger partial charge in [0.2, 0.25) is 0 Å². The van der Waals surface area contributed by atoms with Crippen LogP contribution < -0.4 is 10.6 Å². The van der Waals surface area contributed by atoms with Crippen molar-refractivity contribution in [1.82, 2.24) is 5.01 Å². The van der Waals surface area contributed by atoms with Crippen LogP contribution in [0.2, 0.25) is 0 Å². The largest absolute Gasteiger partial charge is 0.491 e. The van der Waals surface area contributed by atoms with Crippen LogP contribution in [0.25, 0.3) is 0 Å². The maximum atomic E-state index is 12.4. The van der Waals surface area contributed by atoms with Gasteiger partial charge < -0.3 is 9.84 Å². The van der Waals surface area contributed by atoms with Gasteiger partial charge in [-0.3, -0.25) is 5.84 Å². The van der Waals surface area contributed by atoms with E-state index in [1.54, 1.807) is 7.05 Å². The van der Waals surface area contributed by atoms with E-state index in [1.807, 2.05) is 0 Å². The first-order valence-corrected chi connectivity index (χ1v) is 5.23. The predicted molar refractivity (Wildman–Crippen MR) is 59.8 cm³/mol. The molecule has 0 amide bonds. The molecule has 4 nitrogen and oxygen atoms in total. The molecule has 0 heterocycles. The molecule has 1 unspecified atom stereocenters. The quantitative estimate of drug-likeness (QED) is 0.621. The topological polar surface area (TPSA) is 58.7 Å². The number of nitrogens with two attached hydrogens (primary N) is 1.